The number of benzene rings is 1. The molecule has 1 atom stereocenters. The molecule has 0 fully saturated rings. The lowest BCUT2D eigenvalue weighted by atomic mass is 9.99. The van der Waals surface area contributed by atoms with Crippen LogP contribution in [0.15, 0.2) is 34.7 Å². The normalized spacial score (nSPS) is 15.2. The Kier molecular flexibility index (Phi) is 3.66. The molecular weight excluding hydrogens is 236 g/mol. The van der Waals surface area contributed by atoms with Gasteiger partial charge in [-0.05, 0) is 32.0 Å². The molecule has 0 radical (unpaired) electrons. The Morgan fingerprint density at radius 2 is 2.06 bits per heavy atom. The average Bonchev–Trinajstić information content (AvgIpc) is 2.79. The molecule has 0 amide bonds. The maximum absolute atomic E-state index is 13.3. The molecule has 98 valence electrons. The highest BCUT2D eigenvalue weighted by Gasteiger charge is 2.39. The molecule has 4 heteroatoms. The Balaban J connectivity index is 2.41. The van der Waals surface area contributed by atoms with Gasteiger partial charge in [0, 0.05) is 5.39 Å². The van der Waals surface area contributed by atoms with E-state index in [2.05, 4.69) is 5.32 Å². The number of furan rings is 1. The number of hydrogen-bond donors (Lipinski definition) is 1. The van der Waals surface area contributed by atoms with Crippen molar-refractivity contribution in [2.24, 2.45) is 0 Å². The van der Waals surface area contributed by atoms with Crippen molar-refractivity contribution in [3.05, 3.63) is 36.1 Å². The Labute approximate surface area is 105 Å². The molecule has 2 rings (SSSR count). The summed E-state index contributed by atoms with van der Waals surface area (Å²) in [4.78, 5) is 0. The van der Waals surface area contributed by atoms with Gasteiger partial charge in [-0.3, -0.25) is 0 Å². The second-order valence-electron chi connectivity index (χ2n) is 4.58. The summed E-state index contributed by atoms with van der Waals surface area (Å²) in [5.41, 5.74) is -0.799. The topological polar surface area (TPSA) is 25.2 Å². The average molecular weight is 253 g/mol. The molecule has 0 saturated heterocycles. The molecule has 0 aliphatic carbocycles. The van der Waals surface area contributed by atoms with Crippen molar-refractivity contribution in [1.29, 1.82) is 0 Å². The van der Waals surface area contributed by atoms with Crippen molar-refractivity contribution in [3.8, 4) is 0 Å². The van der Waals surface area contributed by atoms with Gasteiger partial charge in [-0.1, -0.05) is 25.1 Å². The number of alkyl halides is 2. The molecule has 0 bridgehead atoms. The lowest BCUT2D eigenvalue weighted by Crippen LogP contribution is -2.45. The number of halogens is 2. The van der Waals surface area contributed by atoms with Crippen LogP contribution in [0.25, 0.3) is 11.0 Å². The molecule has 0 aliphatic rings. The van der Waals surface area contributed by atoms with E-state index in [-0.39, 0.29) is 5.76 Å². The Morgan fingerprint density at radius 1 is 1.33 bits per heavy atom. The van der Waals surface area contributed by atoms with Gasteiger partial charge in [0.05, 0.1) is 0 Å². The highest BCUT2D eigenvalue weighted by molar-refractivity contribution is 5.78. The van der Waals surface area contributed by atoms with E-state index in [0.29, 0.717) is 12.1 Å². The molecular formula is C14H17F2NO. The van der Waals surface area contributed by atoms with Gasteiger partial charge in [0.15, 0.2) is 0 Å². The van der Waals surface area contributed by atoms with Gasteiger partial charge in [0.25, 0.3) is 6.43 Å². The third-order valence-electron chi connectivity index (χ3n) is 3.12. The standard InChI is InChI=1S/C14H17F2NO/c1-3-8-17-14(2,13(15)16)12-9-10-6-4-5-7-11(10)18-12/h4-7,9,13,17H,3,8H2,1-2H3. The molecule has 1 aromatic heterocycles. The molecule has 0 aliphatic heterocycles. The summed E-state index contributed by atoms with van der Waals surface area (Å²) < 4.78 is 32.1. The van der Waals surface area contributed by atoms with Crippen LogP contribution >= 0.6 is 0 Å². The van der Waals surface area contributed by atoms with E-state index >= 15 is 0 Å². The summed E-state index contributed by atoms with van der Waals surface area (Å²) in [6.07, 6.45) is -1.73. The van der Waals surface area contributed by atoms with Gasteiger partial charge in [-0.2, -0.15) is 0 Å². The second kappa shape index (κ2) is 5.06. The number of rotatable bonds is 5. The molecule has 0 spiro atoms. The maximum Gasteiger partial charge on any atom is 0.263 e. The van der Waals surface area contributed by atoms with E-state index in [9.17, 15) is 8.78 Å². The van der Waals surface area contributed by atoms with Crippen molar-refractivity contribution in [2.45, 2.75) is 32.2 Å². The predicted octanol–water partition coefficient (Wildman–Crippen LogP) is 3.91. The zero-order chi connectivity index (χ0) is 13.2. The molecule has 2 aromatic rings. The van der Waals surface area contributed by atoms with Crippen LogP contribution in [0.1, 0.15) is 26.0 Å². The molecule has 2 nitrogen and oxygen atoms in total. The first-order valence-electron chi connectivity index (χ1n) is 6.10. The number of nitrogens with one attached hydrogen (secondary N) is 1. The fourth-order valence-corrected chi connectivity index (χ4v) is 1.89. The Morgan fingerprint density at radius 3 is 2.67 bits per heavy atom. The molecule has 1 aromatic carbocycles. The third-order valence-corrected chi connectivity index (χ3v) is 3.12. The second-order valence-corrected chi connectivity index (χ2v) is 4.58. The van der Waals surface area contributed by atoms with E-state index in [1.807, 2.05) is 25.1 Å². The van der Waals surface area contributed by atoms with Gasteiger partial charge in [0.2, 0.25) is 0 Å². The smallest absolute Gasteiger partial charge is 0.263 e. The molecule has 1 heterocycles. The van der Waals surface area contributed by atoms with Gasteiger partial charge >= 0.3 is 0 Å². The van der Waals surface area contributed by atoms with Gasteiger partial charge in [0.1, 0.15) is 16.9 Å². The summed E-state index contributed by atoms with van der Waals surface area (Å²) in [6, 6.07) is 9.01. The summed E-state index contributed by atoms with van der Waals surface area (Å²) in [7, 11) is 0. The van der Waals surface area contributed by atoms with Crippen LogP contribution in [0.5, 0.6) is 0 Å². The van der Waals surface area contributed by atoms with Crippen molar-refractivity contribution in [1.82, 2.24) is 5.32 Å². The third kappa shape index (κ3) is 2.25. The fourth-order valence-electron chi connectivity index (χ4n) is 1.89. The minimum Gasteiger partial charge on any atom is -0.459 e. The summed E-state index contributed by atoms with van der Waals surface area (Å²) in [5, 5.41) is 3.72. The van der Waals surface area contributed by atoms with Gasteiger partial charge < -0.3 is 9.73 Å². The van der Waals surface area contributed by atoms with Crippen LogP contribution in [0.3, 0.4) is 0 Å². The summed E-state index contributed by atoms with van der Waals surface area (Å²) >= 11 is 0. The van der Waals surface area contributed by atoms with Crippen molar-refractivity contribution in [2.75, 3.05) is 6.54 Å². The molecule has 1 unspecified atom stereocenters. The lowest BCUT2D eigenvalue weighted by molar-refractivity contribution is 0.0266. The van der Waals surface area contributed by atoms with Crippen LogP contribution in [0.2, 0.25) is 0 Å². The number of fused-ring (bicyclic) bond motifs is 1. The SMILES string of the molecule is CCCNC(C)(c1cc2ccccc2o1)C(F)F. The Hall–Kier alpha value is -1.42. The van der Waals surface area contributed by atoms with Crippen molar-refractivity contribution >= 4 is 11.0 Å². The number of hydrogen-bond acceptors (Lipinski definition) is 2. The predicted molar refractivity (Wildman–Crippen MR) is 67.9 cm³/mol. The van der Waals surface area contributed by atoms with E-state index in [0.717, 1.165) is 11.8 Å². The lowest BCUT2D eigenvalue weighted by Gasteiger charge is -2.27. The quantitative estimate of drug-likeness (QED) is 0.873. The number of para-hydroxylation sites is 1. The highest BCUT2D eigenvalue weighted by atomic mass is 19.3. The van der Waals surface area contributed by atoms with Crippen LogP contribution in [0, 0.1) is 0 Å². The van der Waals surface area contributed by atoms with Crippen LogP contribution in [-0.4, -0.2) is 13.0 Å². The van der Waals surface area contributed by atoms with Crippen molar-refractivity contribution < 1.29 is 13.2 Å². The van der Waals surface area contributed by atoms with Gasteiger partial charge in [-0.25, -0.2) is 8.78 Å². The fraction of sp³-hybridized carbons (Fsp3) is 0.429. The molecule has 0 saturated carbocycles. The minimum atomic E-state index is -2.52. The van der Waals surface area contributed by atoms with Crippen LogP contribution in [0.4, 0.5) is 8.78 Å². The van der Waals surface area contributed by atoms with E-state index < -0.39 is 12.0 Å². The zero-order valence-corrected chi connectivity index (χ0v) is 10.5. The maximum atomic E-state index is 13.3. The van der Waals surface area contributed by atoms with Crippen LogP contribution < -0.4 is 5.32 Å². The van der Waals surface area contributed by atoms with E-state index in [1.165, 1.54) is 6.92 Å². The van der Waals surface area contributed by atoms with Crippen molar-refractivity contribution in [3.63, 3.8) is 0 Å². The summed E-state index contributed by atoms with van der Waals surface area (Å²) in [5.74, 6) is 0.284. The Bertz CT molecular complexity index is 490. The molecule has 18 heavy (non-hydrogen) atoms. The summed E-state index contributed by atoms with van der Waals surface area (Å²) in [6.45, 7) is 3.94. The first kappa shape index (κ1) is 13.0. The monoisotopic (exact) mass is 253 g/mol. The zero-order valence-electron chi connectivity index (χ0n) is 10.5. The van der Waals surface area contributed by atoms with E-state index in [4.69, 9.17) is 4.42 Å². The largest absolute Gasteiger partial charge is 0.459 e. The first-order chi connectivity index (χ1) is 8.58. The minimum absolute atomic E-state index is 0.284. The van der Waals surface area contributed by atoms with E-state index in [1.54, 1.807) is 12.1 Å². The van der Waals surface area contributed by atoms with Crippen LogP contribution in [-0.2, 0) is 5.54 Å². The first-order valence-corrected chi connectivity index (χ1v) is 6.10. The highest BCUT2D eigenvalue weighted by Crippen LogP contribution is 2.32. The molecule has 1 N–H and O–H groups in total. The van der Waals surface area contributed by atoms with Gasteiger partial charge in [-0.15, -0.1) is 0 Å².